The molecule has 0 aliphatic carbocycles. The fraction of sp³-hybridized carbons (Fsp3) is 0.444. The quantitative estimate of drug-likeness (QED) is 0.865. The van der Waals surface area contributed by atoms with E-state index in [0.29, 0.717) is 0 Å². The van der Waals surface area contributed by atoms with Gasteiger partial charge in [-0.15, -0.1) is 11.3 Å². The highest BCUT2D eigenvalue weighted by Crippen LogP contribution is 2.24. The van der Waals surface area contributed by atoms with E-state index in [-0.39, 0.29) is 5.91 Å². The largest absolute Gasteiger partial charge is 0.335 e. The molecule has 1 fully saturated rings. The molecule has 0 atom stereocenters. The molecule has 1 aliphatic heterocycles. The van der Waals surface area contributed by atoms with Gasteiger partial charge in [-0.3, -0.25) is 14.7 Å². The van der Waals surface area contributed by atoms with Crippen molar-refractivity contribution in [2.24, 2.45) is 0 Å². The zero-order chi connectivity index (χ0) is 16.2. The smallest absolute Gasteiger partial charge is 0.264 e. The Labute approximate surface area is 141 Å². The Morgan fingerprint density at radius 3 is 2.70 bits per heavy atom. The lowest BCUT2D eigenvalue weighted by Crippen LogP contribution is -2.48. The summed E-state index contributed by atoms with van der Waals surface area (Å²) in [5, 5.41) is 0. The second-order valence-electron chi connectivity index (χ2n) is 5.98. The van der Waals surface area contributed by atoms with Crippen LogP contribution >= 0.6 is 11.3 Å². The zero-order valence-electron chi connectivity index (χ0n) is 13.8. The van der Waals surface area contributed by atoms with Crippen LogP contribution in [-0.2, 0) is 13.0 Å². The van der Waals surface area contributed by atoms with E-state index in [1.165, 1.54) is 16.0 Å². The van der Waals surface area contributed by atoms with Crippen molar-refractivity contribution in [3.8, 4) is 0 Å². The standard InChI is InChI=1S/C18H23N3OS/c1-3-16-11-17(23-14(16)2)18(22)21-9-7-20(8-10-21)13-15-5-4-6-19-12-15/h4-6,11-12H,3,7-10,13H2,1-2H3. The van der Waals surface area contributed by atoms with Crippen LogP contribution in [0, 0.1) is 6.92 Å². The van der Waals surface area contributed by atoms with Crippen molar-refractivity contribution >= 4 is 17.2 Å². The van der Waals surface area contributed by atoms with Crippen molar-refractivity contribution in [2.45, 2.75) is 26.8 Å². The molecule has 5 heteroatoms. The summed E-state index contributed by atoms with van der Waals surface area (Å²) in [6.45, 7) is 8.60. The number of thiophene rings is 1. The average Bonchev–Trinajstić information content (AvgIpc) is 2.97. The summed E-state index contributed by atoms with van der Waals surface area (Å²) < 4.78 is 0. The fourth-order valence-corrected chi connectivity index (χ4v) is 4.07. The van der Waals surface area contributed by atoms with Crippen LogP contribution in [0.3, 0.4) is 0 Å². The second kappa shape index (κ2) is 7.23. The Morgan fingerprint density at radius 2 is 2.09 bits per heavy atom. The molecular weight excluding hydrogens is 306 g/mol. The van der Waals surface area contributed by atoms with Gasteiger partial charge in [-0.05, 0) is 36.6 Å². The highest BCUT2D eigenvalue weighted by molar-refractivity contribution is 7.14. The van der Waals surface area contributed by atoms with E-state index in [0.717, 1.165) is 44.0 Å². The first-order valence-corrected chi connectivity index (χ1v) is 8.99. The maximum atomic E-state index is 12.7. The number of piperazine rings is 1. The van der Waals surface area contributed by atoms with Crippen LogP contribution in [0.1, 0.15) is 32.6 Å². The highest BCUT2D eigenvalue weighted by atomic mass is 32.1. The number of carbonyl (C=O) groups excluding carboxylic acids is 1. The second-order valence-corrected chi connectivity index (χ2v) is 7.23. The Kier molecular flexibility index (Phi) is 5.08. The van der Waals surface area contributed by atoms with Gasteiger partial charge in [0.15, 0.2) is 0 Å². The maximum absolute atomic E-state index is 12.7. The Bertz CT molecular complexity index is 660. The summed E-state index contributed by atoms with van der Waals surface area (Å²) in [6, 6.07) is 6.15. The van der Waals surface area contributed by atoms with E-state index in [1.54, 1.807) is 17.5 Å². The number of amides is 1. The summed E-state index contributed by atoms with van der Waals surface area (Å²) in [5.41, 5.74) is 2.53. The summed E-state index contributed by atoms with van der Waals surface area (Å²) in [7, 11) is 0. The average molecular weight is 329 g/mol. The SMILES string of the molecule is CCc1cc(C(=O)N2CCN(Cc3cccnc3)CC2)sc1C. The van der Waals surface area contributed by atoms with Crippen LogP contribution in [0.15, 0.2) is 30.6 Å². The van der Waals surface area contributed by atoms with Gasteiger partial charge in [0.2, 0.25) is 0 Å². The number of aryl methyl sites for hydroxylation is 2. The van der Waals surface area contributed by atoms with Gasteiger partial charge in [0, 0.05) is 50.0 Å². The first kappa shape index (κ1) is 16.1. The topological polar surface area (TPSA) is 36.4 Å². The van der Waals surface area contributed by atoms with E-state index in [9.17, 15) is 4.79 Å². The van der Waals surface area contributed by atoms with Crippen molar-refractivity contribution in [1.29, 1.82) is 0 Å². The van der Waals surface area contributed by atoms with Gasteiger partial charge in [-0.25, -0.2) is 0 Å². The van der Waals surface area contributed by atoms with E-state index in [2.05, 4.69) is 35.9 Å². The van der Waals surface area contributed by atoms with Crippen molar-refractivity contribution in [1.82, 2.24) is 14.8 Å². The number of hydrogen-bond donors (Lipinski definition) is 0. The predicted octanol–water partition coefficient (Wildman–Crippen LogP) is 2.97. The molecule has 1 saturated heterocycles. The maximum Gasteiger partial charge on any atom is 0.264 e. The molecule has 3 rings (SSSR count). The summed E-state index contributed by atoms with van der Waals surface area (Å²) in [5.74, 6) is 0.193. The third-order valence-corrected chi connectivity index (χ3v) is 5.48. The Morgan fingerprint density at radius 1 is 1.30 bits per heavy atom. The minimum absolute atomic E-state index is 0.193. The third kappa shape index (κ3) is 3.79. The van der Waals surface area contributed by atoms with Crippen LogP contribution in [0.2, 0.25) is 0 Å². The Balaban J connectivity index is 1.56. The molecule has 4 nitrogen and oxygen atoms in total. The molecular formula is C18H23N3OS. The molecule has 23 heavy (non-hydrogen) atoms. The monoisotopic (exact) mass is 329 g/mol. The number of carbonyl (C=O) groups is 1. The molecule has 0 aromatic carbocycles. The van der Waals surface area contributed by atoms with Crippen LogP contribution < -0.4 is 0 Å². The number of pyridine rings is 1. The Hall–Kier alpha value is -1.72. The van der Waals surface area contributed by atoms with Gasteiger partial charge in [0.05, 0.1) is 4.88 Å². The lowest BCUT2D eigenvalue weighted by molar-refractivity contribution is 0.0633. The first-order chi connectivity index (χ1) is 11.2. The molecule has 0 unspecified atom stereocenters. The van der Waals surface area contributed by atoms with Gasteiger partial charge < -0.3 is 4.90 Å². The van der Waals surface area contributed by atoms with Gasteiger partial charge in [0.1, 0.15) is 0 Å². The van der Waals surface area contributed by atoms with E-state index >= 15 is 0 Å². The molecule has 2 aromatic rings. The number of nitrogens with zero attached hydrogens (tertiary/aromatic N) is 3. The molecule has 1 aliphatic rings. The van der Waals surface area contributed by atoms with Crippen LogP contribution in [0.4, 0.5) is 0 Å². The van der Waals surface area contributed by atoms with E-state index in [4.69, 9.17) is 0 Å². The molecule has 0 radical (unpaired) electrons. The number of aromatic nitrogens is 1. The van der Waals surface area contributed by atoms with Gasteiger partial charge >= 0.3 is 0 Å². The lowest BCUT2D eigenvalue weighted by atomic mass is 10.2. The summed E-state index contributed by atoms with van der Waals surface area (Å²) in [4.78, 5) is 23.4. The molecule has 122 valence electrons. The van der Waals surface area contributed by atoms with Gasteiger partial charge in [0.25, 0.3) is 5.91 Å². The number of hydrogen-bond acceptors (Lipinski definition) is 4. The first-order valence-electron chi connectivity index (χ1n) is 8.17. The number of rotatable bonds is 4. The predicted molar refractivity (Wildman–Crippen MR) is 93.9 cm³/mol. The van der Waals surface area contributed by atoms with Crippen molar-refractivity contribution in [3.63, 3.8) is 0 Å². The lowest BCUT2D eigenvalue weighted by Gasteiger charge is -2.34. The highest BCUT2D eigenvalue weighted by Gasteiger charge is 2.23. The summed E-state index contributed by atoms with van der Waals surface area (Å²) in [6.07, 6.45) is 4.71. The van der Waals surface area contributed by atoms with Crippen LogP contribution in [-0.4, -0.2) is 46.9 Å². The van der Waals surface area contributed by atoms with Crippen molar-refractivity contribution < 1.29 is 4.79 Å². The minimum atomic E-state index is 0.193. The van der Waals surface area contributed by atoms with E-state index < -0.39 is 0 Å². The van der Waals surface area contributed by atoms with Crippen LogP contribution in [0.5, 0.6) is 0 Å². The molecule has 2 aromatic heterocycles. The van der Waals surface area contributed by atoms with Gasteiger partial charge in [-0.1, -0.05) is 13.0 Å². The van der Waals surface area contributed by atoms with Crippen LogP contribution in [0.25, 0.3) is 0 Å². The normalized spacial score (nSPS) is 15.8. The molecule has 0 N–H and O–H groups in total. The summed E-state index contributed by atoms with van der Waals surface area (Å²) >= 11 is 1.63. The van der Waals surface area contributed by atoms with Gasteiger partial charge in [-0.2, -0.15) is 0 Å². The zero-order valence-corrected chi connectivity index (χ0v) is 14.6. The molecule has 0 bridgehead atoms. The molecule has 1 amide bonds. The van der Waals surface area contributed by atoms with Crippen molar-refractivity contribution in [2.75, 3.05) is 26.2 Å². The molecule has 0 spiro atoms. The molecule has 0 saturated carbocycles. The molecule has 3 heterocycles. The van der Waals surface area contributed by atoms with Crippen molar-refractivity contribution in [3.05, 3.63) is 51.5 Å². The minimum Gasteiger partial charge on any atom is -0.335 e. The third-order valence-electron chi connectivity index (χ3n) is 4.40. The fourth-order valence-electron chi connectivity index (χ4n) is 2.99. The van der Waals surface area contributed by atoms with E-state index in [1.807, 2.05) is 17.2 Å².